The van der Waals surface area contributed by atoms with E-state index in [1.807, 2.05) is 0 Å². The van der Waals surface area contributed by atoms with E-state index < -0.39 is 0 Å². The Bertz CT molecular complexity index is 899. The number of aryl methyl sites for hydroxylation is 1. The number of nitrogens with one attached hydrogen (secondary N) is 1. The Labute approximate surface area is 136 Å². The van der Waals surface area contributed by atoms with Crippen LogP contribution in [0.2, 0.25) is 0 Å². The van der Waals surface area contributed by atoms with E-state index >= 15 is 0 Å². The van der Waals surface area contributed by atoms with Crippen molar-refractivity contribution in [2.45, 2.75) is 27.2 Å². The third kappa shape index (κ3) is 2.67. The number of benzene rings is 2. The molecule has 0 aliphatic carbocycles. The molecule has 0 fully saturated rings. The predicted molar refractivity (Wildman–Crippen MR) is 96.8 cm³/mol. The van der Waals surface area contributed by atoms with Gasteiger partial charge in [-0.2, -0.15) is 0 Å². The van der Waals surface area contributed by atoms with Crippen LogP contribution in [-0.2, 0) is 6.42 Å². The maximum Gasteiger partial charge on any atom is 0.143 e. The number of ether oxygens (including phenoxy) is 2. The zero-order chi connectivity index (χ0) is 16.6. The molecule has 1 heterocycles. The molecule has 23 heavy (non-hydrogen) atoms. The number of fused-ring (bicyclic) bond motifs is 3. The standard InChI is InChI=1S/C20H23NO2/c1-12(2)6-7-15-17(22-4)9-8-14-16-10-13(3)11-18(23-5)20(16)21-19(14)15/h6,8-11,21H,7H2,1-5H3. The van der Waals surface area contributed by atoms with Crippen LogP contribution >= 0.6 is 0 Å². The van der Waals surface area contributed by atoms with Gasteiger partial charge in [0.1, 0.15) is 11.5 Å². The summed E-state index contributed by atoms with van der Waals surface area (Å²) in [6, 6.07) is 8.44. The lowest BCUT2D eigenvalue weighted by Gasteiger charge is -2.08. The summed E-state index contributed by atoms with van der Waals surface area (Å²) in [5.41, 5.74) is 5.84. The number of hydrogen-bond acceptors (Lipinski definition) is 2. The molecule has 0 atom stereocenters. The van der Waals surface area contributed by atoms with Crippen molar-refractivity contribution in [3.05, 3.63) is 47.0 Å². The van der Waals surface area contributed by atoms with Crippen LogP contribution < -0.4 is 9.47 Å². The second-order valence-electron chi connectivity index (χ2n) is 6.17. The maximum absolute atomic E-state index is 5.58. The van der Waals surface area contributed by atoms with Gasteiger partial charge in [-0.3, -0.25) is 0 Å². The van der Waals surface area contributed by atoms with Crippen molar-refractivity contribution < 1.29 is 9.47 Å². The second-order valence-corrected chi connectivity index (χ2v) is 6.17. The molecule has 0 aliphatic heterocycles. The molecular formula is C20H23NO2. The molecule has 0 saturated carbocycles. The van der Waals surface area contributed by atoms with Crippen molar-refractivity contribution >= 4 is 21.8 Å². The first-order valence-corrected chi connectivity index (χ1v) is 7.84. The number of rotatable bonds is 4. The molecule has 0 radical (unpaired) electrons. The number of allylic oxidation sites excluding steroid dienone is 2. The summed E-state index contributed by atoms with van der Waals surface area (Å²) in [5.74, 6) is 1.79. The van der Waals surface area contributed by atoms with E-state index in [-0.39, 0.29) is 0 Å². The van der Waals surface area contributed by atoms with Crippen LogP contribution in [0.3, 0.4) is 0 Å². The summed E-state index contributed by atoms with van der Waals surface area (Å²) in [4.78, 5) is 3.56. The van der Waals surface area contributed by atoms with E-state index in [2.05, 4.69) is 56.1 Å². The second kappa shape index (κ2) is 5.99. The van der Waals surface area contributed by atoms with Crippen LogP contribution in [0.4, 0.5) is 0 Å². The summed E-state index contributed by atoms with van der Waals surface area (Å²) >= 11 is 0. The monoisotopic (exact) mass is 309 g/mol. The van der Waals surface area contributed by atoms with E-state index in [1.54, 1.807) is 14.2 Å². The van der Waals surface area contributed by atoms with Crippen molar-refractivity contribution in [1.29, 1.82) is 0 Å². The lowest BCUT2D eigenvalue weighted by Crippen LogP contribution is -1.92. The van der Waals surface area contributed by atoms with E-state index in [4.69, 9.17) is 9.47 Å². The first-order chi connectivity index (χ1) is 11.0. The highest BCUT2D eigenvalue weighted by Crippen LogP contribution is 2.37. The lowest BCUT2D eigenvalue weighted by molar-refractivity contribution is 0.411. The van der Waals surface area contributed by atoms with Gasteiger partial charge in [-0.25, -0.2) is 0 Å². The van der Waals surface area contributed by atoms with E-state index in [1.165, 1.54) is 27.5 Å². The molecule has 0 amide bonds. The van der Waals surface area contributed by atoms with Crippen LogP contribution in [0, 0.1) is 6.92 Å². The van der Waals surface area contributed by atoms with Gasteiger partial charge in [0, 0.05) is 16.3 Å². The molecule has 0 spiro atoms. The zero-order valence-corrected chi connectivity index (χ0v) is 14.4. The number of hydrogen-bond donors (Lipinski definition) is 1. The number of methoxy groups -OCH3 is 2. The average molecular weight is 309 g/mol. The summed E-state index contributed by atoms with van der Waals surface area (Å²) in [6.07, 6.45) is 3.07. The Morgan fingerprint density at radius 3 is 2.39 bits per heavy atom. The van der Waals surface area contributed by atoms with Crippen LogP contribution in [0.1, 0.15) is 25.0 Å². The SMILES string of the molecule is COc1ccc2c([nH]c3c(OC)cc(C)cc32)c1CC=C(C)C. The predicted octanol–water partition coefficient (Wildman–Crippen LogP) is 5.16. The van der Waals surface area contributed by atoms with Crippen LogP contribution in [0.15, 0.2) is 35.9 Å². The average Bonchev–Trinajstić information content (AvgIpc) is 2.90. The Morgan fingerprint density at radius 2 is 1.74 bits per heavy atom. The minimum Gasteiger partial charge on any atom is -0.496 e. The topological polar surface area (TPSA) is 34.2 Å². The van der Waals surface area contributed by atoms with Crippen molar-refractivity contribution in [2.24, 2.45) is 0 Å². The van der Waals surface area contributed by atoms with Crippen molar-refractivity contribution in [3.63, 3.8) is 0 Å². The maximum atomic E-state index is 5.58. The fraction of sp³-hybridized carbons (Fsp3) is 0.300. The molecule has 1 aromatic heterocycles. The van der Waals surface area contributed by atoms with Gasteiger partial charge in [-0.15, -0.1) is 0 Å². The smallest absolute Gasteiger partial charge is 0.143 e. The van der Waals surface area contributed by atoms with Gasteiger partial charge in [0.05, 0.1) is 25.3 Å². The molecule has 1 N–H and O–H groups in total. The fourth-order valence-electron chi connectivity index (χ4n) is 3.08. The minimum absolute atomic E-state index is 0.844. The molecule has 3 nitrogen and oxygen atoms in total. The lowest BCUT2D eigenvalue weighted by atomic mass is 10.0. The molecule has 120 valence electrons. The van der Waals surface area contributed by atoms with Crippen molar-refractivity contribution in [3.8, 4) is 11.5 Å². The van der Waals surface area contributed by atoms with Gasteiger partial charge >= 0.3 is 0 Å². The molecule has 0 unspecified atom stereocenters. The van der Waals surface area contributed by atoms with Crippen molar-refractivity contribution in [2.75, 3.05) is 14.2 Å². The normalized spacial score (nSPS) is 11.0. The molecule has 0 bridgehead atoms. The van der Waals surface area contributed by atoms with Gasteiger partial charge in [-0.05, 0) is 57.0 Å². The quantitative estimate of drug-likeness (QED) is 0.676. The van der Waals surface area contributed by atoms with Gasteiger partial charge in [0.2, 0.25) is 0 Å². The van der Waals surface area contributed by atoms with Gasteiger partial charge in [-0.1, -0.05) is 11.6 Å². The Kier molecular flexibility index (Phi) is 4.03. The highest BCUT2D eigenvalue weighted by molar-refractivity contribution is 6.11. The molecule has 3 heteroatoms. The minimum atomic E-state index is 0.844. The molecule has 3 rings (SSSR count). The van der Waals surface area contributed by atoms with E-state index in [0.717, 1.165) is 29.0 Å². The van der Waals surface area contributed by atoms with Gasteiger partial charge in [0.25, 0.3) is 0 Å². The number of aromatic amines is 1. The van der Waals surface area contributed by atoms with E-state index in [0.29, 0.717) is 0 Å². The van der Waals surface area contributed by atoms with E-state index in [9.17, 15) is 0 Å². The number of H-pyrrole nitrogens is 1. The first kappa shape index (κ1) is 15.5. The summed E-state index contributed by atoms with van der Waals surface area (Å²) in [6.45, 7) is 6.32. The Morgan fingerprint density at radius 1 is 1.00 bits per heavy atom. The molecule has 0 aliphatic rings. The summed E-state index contributed by atoms with van der Waals surface area (Å²) < 4.78 is 11.1. The number of aromatic nitrogens is 1. The zero-order valence-electron chi connectivity index (χ0n) is 14.4. The van der Waals surface area contributed by atoms with Crippen molar-refractivity contribution in [1.82, 2.24) is 4.98 Å². The fourth-order valence-corrected chi connectivity index (χ4v) is 3.08. The molecule has 0 saturated heterocycles. The van der Waals surface area contributed by atoms with Crippen LogP contribution in [-0.4, -0.2) is 19.2 Å². The summed E-state index contributed by atoms with van der Waals surface area (Å²) in [7, 11) is 3.44. The van der Waals surface area contributed by atoms with Gasteiger partial charge < -0.3 is 14.5 Å². The highest BCUT2D eigenvalue weighted by atomic mass is 16.5. The van der Waals surface area contributed by atoms with Crippen LogP contribution in [0.5, 0.6) is 11.5 Å². The highest BCUT2D eigenvalue weighted by Gasteiger charge is 2.15. The first-order valence-electron chi connectivity index (χ1n) is 7.84. The van der Waals surface area contributed by atoms with Crippen LogP contribution in [0.25, 0.3) is 21.8 Å². The Balaban J connectivity index is 2.36. The third-order valence-corrected chi connectivity index (χ3v) is 4.21. The Hall–Kier alpha value is -2.42. The largest absolute Gasteiger partial charge is 0.496 e. The molecular weight excluding hydrogens is 286 g/mol. The molecule has 2 aromatic carbocycles. The third-order valence-electron chi connectivity index (χ3n) is 4.21. The molecule has 3 aromatic rings. The van der Waals surface area contributed by atoms with Gasteiger partial charge in [0.15, 0.2) is 0 Å². The summed E-state index contributed by atoms with van der Waals surface area (Å²) in [5, 5.41) is 2.40.